The third kappa shape index (κ3) is 60.9. The van der Waals surface area contributed by atoms with Gasteiger partial charge < -0.3 is 14.2 Å². The number of hydrogen-bond donors (Lipinski definition) is 0. The Kier molecular flexibility index (Phi) is 60.3. The van der Waals surface area contributed by atoms with Gasteiger partial charge >= 0.3 is 17.9 Å². The highest BCUT2D eigenvalue weighted by Gasteiger charge is 2.19. The predicted molar refractivity (Wildman–Crippen MR) is 330 cm³/mol. The Morgan fingerprint density at radius 2 is 0.526 bits per heavy atom. The van der Waals surface area contributed by atoms with Gasteiger partial charge in [-0.1, -0.05) is 284 Å². The molecule has 0 spiro atoms. The van der Waals surface area contributed by atoms with Crippen LogP contribution < -0.4 is 0 Å². The standard InChI is InChI=1S/C70H118O6/c1-4-7-10-13-16-19-22-25-27-28-29-30-31-32-33-34-35-36-37-38-39-40-41-42-43-46-48-51-54-57-60-63-69(72)75-66-67(65-74-68(71)62-59-56-53-50-47-44-24-21-18-15-12-9-6-3)76-70(73)64-61-58-55-52-49-45-26-23-20-17-14-11-8-5-2/h7,10,14,16-17,19,23,25-27,29-30,32-33,35-36,38-39,67H,4-6,8-9,11-13,15,18,20-22,24,28,31,34,37,40-66H2,1-3H3/b10-7-,17-14-,19-16-,26-23-,27-25-,30-29-,33-32-,36-35-,39-38-. The van der Waals surface area contributed by atoms with Crippen molar-refractivity contribution in [3.05, 3.63) is 109 Å². The van der Waals surface area contributed by atoms with Crippen molar-refractivity contribution in [3.8, 4) is 0 Å². The Hall–Kier alpha value is -3.93. The van der Waals surface area contributed by atoms with Crippen molar-refractivity contribution in [2.75, 3.05) is 13.2 Å². The predicted octanol–water partition coefficient (Wildman–Crippen LogP) is 21.8. The van der Waals surface area contributed by atoms with Crippen LogP contribution in [0.2, 0.25) is 0 Å². The zero-order valence-corrected chi connectivity index (χ0v) is 49.7. The molecule has 76 heavy (non-hydrogen) atoms. The SMILES string of the molecule is CC/C=C\C/C=C\C/C=C\C/C=C\C/C=C\C/C=C\C/C=C\CCCCCCCCCCCC(=O)OCC(COC(=O)CCCCCCCCCCCCCCC)OC(=O)CCCCCCC/C=C\C/C=C\CCCC. The second-order valence-electron chi connectivity index (χ2n) is 20.9. The first kappa shape index (κ1) is 72.1. The average molecular weight is 1060 g/mol. The first-order valence-corrected chi connectivity index (χ1v) is 31.9. The molecular weight excluding hydrogens is 937 g/mol. The lowest BCUT2D eigenvalue weighted by Crippen LogP contribution is -2.30. The Morgan fingerprint density at radius 1 is 0.276 bits per heavy atom. The number of carbonyl (C=O) groups excluding carboxylic acids is 3. The molecule has 1 atom stereocenters. The van der Waals surface area contributed by atoms with Crippen molar-refractivity contribution >= 4 is 17.9 Å². The van der Waals surface area contributed by atoms with Crippen molar-refractivity contribution in [1.29, 1.82) is 0 Å². The van der Waals surface area contributed by atoms with Gasteiger partial charge in [-0.05, 0) is 103 Å². The lowest BCUT2D eigenvalue weighted by molar-refractivity contribution is -0.167. The van der Waals surface area contributed by atoms with Gasteiger partial charge in [-0.15, -0.1) is 0 Å². The molecule has 0 N–H and O–H groups in total. The molecule has 0 rings (SSSR count). The number of rotatable bonds is 57. The maximum atomic E-state index is 12.9. The molecule has 0 fully saturated rings. The summed E-state index contributed by atoms with van der Waals surface area (Å²) < 4.78 is 16.9. The summed E-state index contributed by atoms with van der Waals surface area (Å²) in [6.07, 6.45) is 86.6. The van der Waals surface area contributed by atoms with Gasteiger partial charge in [-0.2, -0.15) is 0 Å². The van der Waals surface area contributed by atoms with E-state index in [2.05, 4.69) is 130 Å². The van der Waals surface area contributed by atoms with E-state index in [9.17, 15) is 14.4 Å². The van der Waals surface area contributed by atoms with Gasteiger partial charge in [0, 0.05) is 19.3 Å². The molecule has 0 aliphatic rings. The maximum Gasteiger partial charge on any atom is 0.306 e. The highest BCUT2D eigenvalue weighted by molar-refractivity contribution is 5.71. The van der Waals surface area contributed by atoms with Crippen molar-refractivity contribution in [3.63, 3.8) is 0 Å². The normalized spacial score (nSPS) is 12.8. The molecule has 0 aliphatic heterocycles. The van der Waals surface area contributed by atoms with Gasteiger partial charge in [0.05, 0.1) is 0 Å². The molecular formula is C70H118O6. The van der Waals surface area contributed by atoms with Crippen LogP contribution >= 0.6 is 0 Å². The fourth-order valence-electron chi connectivity index (χ4n) is 8.73. The van der Waals surface area contributed by atoms with Crippen molar-refractivity contribution in [1.82, 2.24) is 0 Å². The first-order valence-electron chi connectivity index (χ1n) is 31.9. The molecule has 0 aromatic rings. The van der Waals surface area contributed by atoms with Crippen LogP contribution in [0.3, 0.4) is 0 Å². The van der Waals surface area contributed by atoms with Crippen LogP contribution in [0.5, 0.6) is 0 Å². The number of hydrogen-bond acceptors (Lipinski definition) is 6. The molecule has 0 amide bonds. The Balaban J connectivity index is 4.26. The monoisotopic (exact) mass is 1050 g/mol. The van der Waals surface area contributed by atoms with E-state index in [4.69, 9.17) is 14.2 Å². The minimum absolute atomic E-state index is 0.0832. The lowest BCUT2D eigenvalue weighted by Gasteiger charge is -2.18. The molecule has 0 aliphatic carbocycles. The fraction of sp³-hybridized carbons (Fsp3) is 0.700. The van der Waals surface area contributed by atoms with Gasteiger partial charge in [0.2, 0.25) is 0 Å². The number of carbonyl (C=O) groups is 3. The zero-order chi connectivity index (χ0) is 55.0. The summed E-state index contributed by atoms with van der Waals surface area (Å²) in [5.74, 6) is -0.897. The second kappa shape index (κ2) is 63.6. The lowest BCUT2D eigenvalue weighted by atomic mass is 10.0. The summed E-state index contributed by atoms with van der Waals surface area (Å²) in [4.78, 5) is 38.2. The number of unbranched alkanes of at least 4 members (excludes halogenated alkanes) is 28. The Labute approximate surface area is 470 Å². The summed E-state index contributed by atoms with van der Waals surface area (Å²) in [7, 11) is 0. The highest BCUT2D eigenvalue weighted by Crippen LogP contribution is 2.16. The van der Waals surface area contributed by atoms with E-state index in [-0.39, 0.29) is 31.1 Å². The van der Waals surface area contributed by atoms with E-state index in [0.29, 0.717) is 19.3 Å². The Bertz CT molecular complexity index is 1540. The van der Waals surface area contributed by atoms with Crippen molar-refractivity contribution in [2.45, 2.75) is 303 Å². The molecule has 1 unspecified atom stereocenters. The van der Waals surface area contributed by atoms with Gasteiger partial charge in [0.25, 0.3) is 0 Å². The first-order chi connectivity index (χ1) is 37.5. The maximum absolute atomic E-state index is 12.9. The van der Waals surface area contributed by atoms with Crippen LogP contribution in [0.1, 0.15) is 297 Å². The van der Waals surface area contributed by atoms with E-state index in [1.54, 1.807) is 0 Å². The van der Waals surface area contributed by atoms with Crippen LogP contribution in [0.25, 0.3) is 0 Å². The van der Waals surface area contributed by atoms with E-state index < -0.39 is 6.10 Å². The quantitative estimate of drug-likeness (QED) is 0.0261. The van der Waals surface area contributed by atoms with E-state index in [1.807, 2.05) is 0 Å². The average Bonchev–Trinajstić information content (AvgIpc) is 3.42. The second-order valence-corrected chi connectivity index (χ2v) is 20.9. The fourth-order valence-corrected chi connectivity index (χ4v) is 8.73. The van der Waals surface area contributed by atoms with Gasteiger partial charge in [-0.3, -0.25) is 14.4 Å². The van der Waals surface area contributed by atoms with Crippen molar-refractivity contribution < 1.29 is 28.6 Å². The number of ether oxygens (including phenoxy) is 3. The minimum atomic E-state index is -0.787. The molecule has 0 radical (unpaired) electrons. The Morgan fingerprint density at radius 3 is 0.842 bits per heavy atom. The van der Waals surface area contributed by atoms with Crippen LogP contribution in [0, 0.1) is 0 Å². The third-order valence-electron chi connectivity index (χ3n) is 13.5. The highest BCUT2D eigenvalue weighted by atomic mass is 16.6. The van der Waals surface area contributed by atoms with Gasteiger partial charge in [0.15, 0.2) is 6.10 Å². The van der Waals surface area contributed by atoms with Crippen LogP contribution in [-0.4, -0.2) is 37.2 Å². The molecule has 434 valence electrons. The van der Waals surface area contributed by atoms with E-state index >= 15 is 0 Å². The van der Waals surface area contributed by atoms with Crippen molar-refractivity contribution in [2.24, 2.45) is 0 Å². The number of allylic oxidation sites excluding steroid dienone is 18. The molecule has 0 aromatic carbocycles. The molecule has 0 saturated carbocycles. The summed E-state index contributed by atoms with van der Waals surface area (Å²) in [6, 6.07) is 0. The molecule has 0 aromatic heterocycles. The smallest absolute Gasteiger partial charge is 0.306 e. The molecule has 0 bridgehead atoms. The molecule has 0 heterocycles. The summed E-state index contributed by atoms with van der Waals surface area (Å²) in [5, 5.41) is 0. The van der Waals surface area contributed by atoms with Crippen LogP contribution in [-0.2, 0) is 28.6 Å². The molecule has 0 saturated heterocycles. The molecule has 6 heteroatoms. The van der Waals surface area contributed by atoms with Crippen LogP contribution in [0.4, 0.5) is 0 Å². The minimum Gasteiger partial charge on any atom is -0.462 e. The van der Waals surface area contributed by atoms with E-state index in [1.165, 1.54) is 122 Å². The van der Waals surface area contributed by atoms with Gasteiger partial charge in [-0.25, -0.2) is 0 Å². The summed E-state index contributed by atoms with van der Waals surface area (Å²) >= 11 is 0. The summed E-state index contributed by atoms with van der Waals surface area (Å²) in [5.41, 5.74) is 0. The zero-order valence-electron chi connectivity index (χ0n) is 49.7. The molecule has 6 nitrogen and oxygen atoms in total. The largest absolute Gasteiger partial charge is 0.462 e. The van der Waals surface area contributed by atoms with E-state index in [0.717, 1.165) is 135 Å². The van der Waals surface area contributed by atoms with Crippen LogP contribution in [0.15, 0.2) is 109 Å². The third-order valence-corrected chi connectivity index (χ3v) is 13.5. The number of esters is 3. The van der Waals surface area contributed by atoms with Gasteiger partial charge in [0.1, 0.15) is 13.2 Å². The summed E-state index contributed by atoms with van der Waals surface area (Å²) in [6.45, 7) is 6.48. The topological polar surface area (TPSA) is 78.9 Å².